The van der Waals surface area contributed by atoms with Crippen LogP contribution in [-0.4, -0.2) is 0 Å². The van der Waals surface area contributed by atoms with Crippen LogP contribution >= 0.6 is 0 Å². The zero-order chi connectivity index (χ0) is 5.58. The zero-order valence-electron chi connectivity index (χ0n) is 7.75. The van der Waals surface area contributed by atoms with E-state index in [1.54, 1.807) is 0 Å². The van der Waals surface area contributed by atoms with E-state index in [0.717, 1.165) is 0 Å². The van der Waals surface area contributed by atoms with E-state index in [2.05, 4.69) is 20.8 Å². The molecule has 10 heavy (non-hydrogen) atoms. The summed E-state index contributed by atoms with van der Waals surface area (Å²) in [6, 6.07) is 0. The predicted molar refractivity (Wildman–Crippen MR) is 31.6 cm³/mol. The molecule has 0 amide bonds. The molecule has 0 spiro atoms. The molecular formula is C6H12CuLi2N. The number of nitrogens with zero attached hydrogens (tertiary/aromatic N) is 1. The molecule has 0 bridgehead atoms. The quantitative estimate of drug-likeness (QED) is 0.274. The van der Waals surface area contributed by atoms with Crippen molar-refractivity contribution in [3.05, 3.63) is 19.9 Å². The third-order valence-corrected chi connectivity index (χ3v) is 0. The Bertz CT molecular complexity index is 37.2. The second kappa shape index (κ2) is 48.9. The first-order valence-corrected chi connectivity index (χ1v) is 1.72. The Hall–Kier alpha value is 1.20. The largest absolute Gasteiger partial charge is 1.00 e. The van der Waals surface area contributed by atoms with Crippen LogP contribution in [0.5, 0.6) is 0 Å². The molecule has 0 N–H and O–H groups in total. The van der Waals surface area contributed by atoms with Crippen LogP contribution < -0.4 is 37.7 Å². The van der Waals surface area contributed by atoms with Gasteiger partial charge in [0.15, 0.2) is 0 Å². The van der Waals surface area contributed by atoms with E-state index in [0.29, 0.717) is 0 Å². The van der Waals surface area contributed by atoms with E-state index in [-0.39, 0.29) is 62.2 Å². The minimum atomic E-state index is 0. The second-order valence-electron chi connectivity index (χ2n) is 1.50. The molecule has 54 valence electrons. The van der Waals surface area contributed by atoms with Crippen LogP contribution in [0.3, 0.4) is 0 Å². The SMILES string of the molecule is C[C-](C)C.[C-]#N.[CH3-].[Cu+].[Li+].[Li+]. The Balaban J connectivity index is -0.00000000625. The summed E-state index contributed by atoms with van der Waals surface area (Å²) in [5.74, 6) is 1.42. The third kappa shape index (κ3) is 427. The van der Waals surface area contributed by atoms with Crippen molar-refractivity contribution in [2.45, 2.75) is 20.8 Å². The Labute approximate surface area is 100 Å². The number of hydrogen-bond donors (Lipinski definition) is 0. The minimum absolute atomic E-state index is 0. The number of hydrogen-bond acceptors (Lipinski definition) is 1. The van der Waals surface area contributed by atoms with Gasteiger partial charge >= 0.3 is 54.8 Å². The van der Waals surface area contributed by atoms with Gasteiger partial charge in [-0.05, 0) is 0 Å². The second-order valence-corrected chi connectivity index (χ2v) is 1.50. The van der Waals surface area contributed by atoms with Gasteiger partial charge in [-0.15, -0.1) is 0 Å². The summed E-state index contributed by atoms with van der Waals surface area (Å²) >= 11 is 0. The maximum absolute atomic E-state index is 6.25. The summed E-state index contributed by atoms with van der Waals surface area (Å²) in [4.78, 5) is 0. The molecule has 0 heterocycles. The summed E-state index contributed by atoms with van der Waals surface area (Å²) in [5.41, 5.74) is 0. The molecular weight excluding hydrogens is 164 g/mol. The van der Waals surface area contributed by atoms with Gasteiger partial charge < -0.3 is 25.2 Å². The Morgan fingerprint density at radius 1 is 1.00 bits per heavy atom. The van der Waals surface area contributed by atoms with Crippen molar-refractivity contribution in [1.29, 1.82) is 5.26 Å². The van der Waals surface area contributed by atoms with Crippen LogP contribution in [0.15, 0.2) is 0 Å². The molecule has 0 aliphatic rings. The van der Waals surface area contributed by atoms with Gasteiger partial charge in [-0.25, -0.2) is 0 Å². The Morgan fingerprint density at radius 3 is 1.00 bits per heavy atom. The smallest absolute Gasteiger partial charge is 0.512 e. The van der Waals surface area contributed by atoms with Crippen molar-refractivity contribution in [2.24, 2.45) is 0 Å². The van der Waals surface area contributed by atoms with Crippen LogP contribution in [0, 0.1) is 25.2 Å². The molecule has 0 aromatic rings. The van der Waals surface area contributed by atoms with E-state index in [1.165, 1.54) is 5.92 Å². The van der Waals surface area contributed by atoms with Gasteiger partial charge in [0.2, 0.25) is 0 Å². The average molecular weight is 176 g/mol. The molecule has 4 heteroatoms. The van der Waals surface area contributed by atoms with Gasteiger partial charge in [-0.3, -0.25) is 0 Å². The van der Waals surface area contributed by atoms with E-state index in [9.17, 15) is 0 Å². The van der Waals surface area contributed by atoms with Gasteiger partial charge in [0.25, 0.3) is 0 Å². The molecule has 0 saturated heterocycles. The maximum atomic E-state index is 6.25. The first-order valence-electron chi connectivity index (χ1n) is 1.72. The van der Waals surface area contributed by atoms with Crippen molar-refractivity contribution in [3.8, 4) is 0 Å². The number of rotatable bonds is 0. The molecule has 0 radical (unpaired) electrons. The molecule has 0 fully saturated rings. The molecule has 0 unspecified atom stereocenters. The monoisotopic (exact) mass is 175 g/mol. The molecule has 0 atom stereocenters. The summed E-state index contributed by atoms with van der Waals surface area (Å²) < 4.78 is 0. The molecule has 0 saturated carbocycles. The zero-order valence-corrected chi connectivity index (χ0v) is 8.69. The van der Waals surface area contributed by atoms with Crippen molar-refractivity contribution < 1.29 is 54.8 Å². The summed E-state index contributed by atoms with van der Waals surface area (Å²) in [5, 5.41) is 6.25. The predicted octanol–water partition coefficient (Wildman–Crippen LogP) is -3.83. The standard InChI is InChI=1S/C4H9.CN.CH3.Cu.2Li/c1-4(2)3;1-2;;;;/h1-3H3;;1H3;;;/q3*-1;3*+1. The Morgan fingerprint density at radius 2 is 1.00 bits per heavy atom. The van der Waals surface area contributed by atoms with Crippen LogP contribution in [0.1, 0.15) is 20.8 Å². The van der Waals surface area contributed by atoms with E-state index >= 15 is 0 Å². The van der Waals surface area contributed by atoms with E-state index in [4.69, 9.17) is 11.8 Å². The van der Waals surface area contributed by atoms with Gasteiger partial charge in [-0.2, -0.15) is 20.8 Å². The third-order valence-electron chi connectivity index (χ3n) is 0. The average Bonchev–Trinajstić information content (AvgIpc) is 1.41. The van der Waals surface area contributed by atoms with Crippen molar-refractivity contribution in [1.82, 2.24) is 0 Å². The van der Waals surface area contributed by atoms with E-state index in [1.807, 2.05) is 0 Å². The fraction of sp³-hybridized carbons (Fsp3) is 0.500. The minimum Gasteiger partial charge on any atom is -0.512 e. The summed E-state index contributed by atoms with van der Waals surface area (Å²) in [6.45, 7) is 11.0. The van der Waals surface area contributed by atoms with Gasteiger partial charge in [0.1, 0.15) is 0 Å². The topological polar surface area (TPSA) is 23.8 Å². The van der Waals surface area contributed by atoms with Gasteiger partial charge in [0, 0.05) is 0 Å². The van der Waals surface area contributed by atoms with E-state index < -0.39 is 0 Å². The van der Waals surface area contributed by atoms with Crippen LogP contribution in [-0.2, 0) is 17.1 Å². The maximum Gasteiger partial charge on any atom is 1.00 e. The van der Waals surface area contributed by atoms with Crippen molar-refractivity contribution in [3.63, 3.8) is 0 Å². The van der Waals surface area contributed by atoms with Gasteiger partial charge in [0.05, 0.1) is 0 Å². The molecule has 0 aromatic carbocycles. The van der Waals surface area contributed by atoms with Crippen LogP contribution in [0.25, 0.3) is 0 Å². The molecule has 0 rings (SSSR count). The molecule has 0 aliphatic carbocycles. The normalized spacial score (nSPS) is 3.80. The molecule has 0 aliphatic heterocycles. The van der Waals surface area contributed by atoms with Crippen LogP contribution in [0.2, 0.25) is 0 Å². The van der Waals surface area contributed by atoms with Crippen molar-refractivity contribution >= 4 is 0 Å². The fourth-order valence-corrected chi connectivity index (χ4v) is 0. The first-order chi connectivity index (χ1) is 2.73. The molecule has 0 aromatic heterocycles. The summed E-state index contributed by atoms with van der Waals surface area (Å²) in [7, 11) is 0. The fourth-order valence-electron chi connectivity index (χ4n) is 0. The van der Waals surface area contributed by atoms with Crippen LogP contribution in [0.4, 0.5) is 0 Å². The molecule has 1 nitrogen and oxygen atoms in total. The first kappa shape index (κ1) is 43.1. The Kier molecular flexibility index (Phi) is 211. The summed E-state index contributed by atoms with van der Waals surface area (Å²) in [6.07, 6.45) is 0. The van der Waals surface area contributed by atoms with Crippen molar-refractivity contribution in [2.75, 3.05) is 0 Å². The van der Waals surface area contributed by atoms with Gasteiger partial charge in [-0.1, -0.05) is 0 Å².